The van der Waals surface area contributed by atoms with Crippen molar-refractivity contribution in [2.24, 2.45) is 5.92 Å². The minimum absolute atomic E-state index is 0.0463. The number of carbonyl (C=O) groups excluding carboxylic acids is 2. The molecule has 2 rings (SSSR count). The summed E-state index contributed by atoms with van der Waals surface area (Å²) in [6.07, 6.45) is 5.18. The lowest BCUT2D eigenvalue weighted by Gasteiger charge is -2.29. The highest BCUT2D eigenvalue weighted by Gasteiger charge is 2.24. The molecule has 3 atom stereocenters. The van der Waals surface area contributed by atoms with Crippen molar-refractivity contribution in [2.45, 2.75) is 58.6 Å². The average Bonchev–Trinajstić information content (AvgIpc) is 2.74. The van der Waals surface area contributed by atoms with Crippen LogP contribution in [0, 0.1) is 17.2 Å². The van der Waals surface area contributed by atoms with Gasteiger partial charge in [0, 0.05) is 20.1 Å². The van der Waals surface area contributed by atoms with Gasteiger partial charge in [0.05, 0.1) is 6.61 Å². The Labute approximate surface area is 185 Å². The van der Waals surface area contributed by atoms with Crippen LogP contribution in [0.5, 0.6) is 11.5 Å². The number of rotatable bonds is 8. The number of ether oxygens (including phenoxy) is 2. The zero-order valence-electron chi connectivity index (χ0n) is 19.1. The molecule has 168 valence electrons. The Bertz CT molecular complexity index is 857. The number of hydrogen-bond acceptors (Lipinski definition) is 5. The first-order valence-electron chi connectivity index (χ1n) is 10.8. The minimum atomic E-state index is -0.673. The molecule has 1 aromatic carbocycles. The number of amides is 2. The molecule has 2 amide bonds. The maximum absolute atomic E-state index is 12.7. The van der Waals surface area contributed by atoms with Crippen LogP contribution in [0.1, 0.15) is 52.0 Å². The monoisotopic (exact) mass is 427 g/mol. The fourth-order valence-corrected chi connectivity index (χ4v) is 3.68. The molecule has 0 radical (unpaired) electrons. The predicted molar refractivity (Wildman–Crippen MR) is 120 cm³/mol. The Morgan fingerprint density at radius 2 is 2.00 bits per heavy atom. The van der Waals surface area contributed by atoms with E-state index in [0.717, 1.165) is 19.3 Å². The van der Waals surface area contributed by atoms with E-state index in [4.69, 9.17) is 9.47 Å². The highest BCUT2D eigenvalue weighted by molar-refractivity contribution is 6.01. The molecule has 0 heterocycles. The second-order valence-corrected chi connectivity index (χ2v) is 8.14. The lowest BCUT2D eigenvalue weighted by atomic mass is 9.86. The van der Waals surface area contributed by atoms with Gasteiger partial charge in [0.15, 0.2) is 17.6 Å². The summed E-state index contributed by atoms with van der Waals surface area (Å²) in [7, 11) is 3.34. The normalized spacial score (nSPS) is 19.7. The van der Waals surface area contributed by atoms with Gasteiger partial charge in [-0.15, -0.1) is 0 Å². The topological polar surface area (TPSA) is 91.7 Å². The van der Waals surface area contributed by atoms with Crippen LogP contribution in [0.3, 0.4) is 0 Å². The van der Waals surface area contributed by atoms with E-state index in [0.29, 0.717) is 29.6 Å². The summed E-state index contributed by atoms with van der Waals surface area (Å²) in [5, 5.41) is 12.5. The zero-order valence-corrected chi connectivity index (χ0v) is 19.1. The zero-order chi connectivity index (χ0) is 23.0. The molecule has 1 fully saturated rings. The van der Waals surface area contributed by atoms with E-state index in [-0.39, 0.29) is 23.4 Å². The number of hydrogen-bond donors (Lipinski definition) is 1. The highest BCUT2D eigenvalue weighted by atomic mass is 16.5. The van der Waals surface area contributed by atoms with Crippen molar-refractivity contribution in [3.63, 3.8) is 0 Å². The van der Waals surface area contributed by atoms with Gasteiger partial charge in [-0.2, -0.15) is 5.26 Å². The van der Waals surface area contributed by atoms with Crippen molar-refractivity contribution in [1.82, 2.24) is 10.2 Å². The van der Waals surface area contributed by atoms with Crippen LogP contribution in [0.25, 0.3) is 6.08 Å². The van der Waals surface area contributed by atoms with Crippen molar-refractivity contribution >= 4 is 17.9 Å². The quantitative estimate of drug-likeness (QED) is 0.506. The number of nitrogens with zero attached hydrogens (tertiary/aromatic N) is 2. The Hall–Kier alpha value is -3.01. The number of carbonyl (C=O) groups is 2. The Kier molecular flexibility index (Phi) is 8.92. The van der Waals surface area contributed by atoms with Crippen molar-refractivity contribution in [3.8, 4) is 17.6 Å². The summed E-state index contributed by atoms with van der Waals surface area (Å²) < 4.78 is 11.5. The van der Waals surface area contributed by atoms with Crippen LogP contribution < -0.4 is 14.8 Å². The standard InChI is InChI=1S/C24H33N3O4/c1-6-30-22-14-18(11-12-21(22)31-17(3)24(29)27(4)5)13-19(15-25)23(28)26-20-10-8-7-9-16(20)2/h11-14,16-17,20H,6-10H2,1-5H3,(H,26,28). The predicted octanol–water partition coefficient (Wildman–Crippen LogP) is 3.54. The van der Waals surface area contributed by atoms with Gasteiger partial charge in [-0.3, -0.25) is 9.59 Å². The molecule has 1 saturated carbocycles. The molecule has 0 bridgehead atoms. The molecule has 0 aliphatic heterocycles. The number of nitriles is 1. The Morgan fingerprint density at radius 3 is 2.61 bits per heavy atom. The maximum Gasteiger partial charge on any atom is 0.262 e. The van der Waals surface area contributed by atoms with Gasteiger partial charge in [-0.05, 0) is 56.4 Å². The Morgan fingerprint density at radius 1 is 1.29 bits per heavy atom. The summed E-state index contributed by atoms with van der Waals surface area (Å²) in [5.41, 5.74) is 0.691. The van der Waals surface area contributed by atoms with Gasteiger partial charge in [-0.25, -0.2) is 0 Å². The summed E-state index contributed by atoms with van der Waals surface area (Å²) in [6, 6.07) is 7.24. The number of benzene rings is 1. The molecular formula is C24H33N3O4. The van der Waals surface area contributed by atoms with E-state index in [9.17, 15) is 14.9 Å². The van der Waals surface area contributed by atoms with Crippen LogP contribution in [-0.4, -0.2) is 49.6 Å². The highest BCUT2D eigenvalue weighted by Crippen LogP contribution is 2.30. The van der Waals surface area contributed by atoms with Crippen molar-refractivity contribution in [2.75, 3.05) is 20.7 Å². The van der Waals surface area contributed by atoms with Gasteiger partial charge >= 0.3 is 0 Å². The molecule has 7 heteroatoms. The van der Waals surface area contributed by atoms with Crippen LogP contribution in [0.15, 0.2) is 23.8 Å². The van der Waals surface area contributed by atoms with Crippen LogP contribution in [-0.2, 0) is 9.59 Å². The van der Waals surface area contributed by atoms with Crippen LogP contribution in [0.2, 0.25) is 0 Å². The van der Waals surface area contributed by atoms with Gasteiger partial charge in [0.25, 0.3) is 11.8 Å². The van der Waals surface area contributed by atoms with Crippen molar-refractivity contribution < 1.29 is 19.1 Å². The molecule has 3 unspecified atom stereocenters. The second-order valence-electron chi connectivity index (χ2n) is 8.14. The van der Waals surface area contributed by atoms with E-state index in [2.05, 4.69) is 12.2 Å². The lowest BCUT2D eigenvalue weighted by Crippen LogP contribution is -2.41. The second kappa shape index (κ2) is 11.4. The maximum atomic E-state index is 12.7. The van der Waals surface area contributed by atoms with E-state index in [1.807, 2.05) is 13.0 Å². The Balaban J connectivity index is 2.20. The molecule has 1 N–H and O–H groups in total. The van der Waals surface area contributed by atoms with E-state index < -0.39 is 6.10 Å². The minimum Gasteiger partial charge on any atom is -0.490 e. The lowest BCUT2D eigenvalue weighted by molar-refractivity contribution is -0.135. The number of nitrogens with one attached hydrogen (secondary N) is 1. The SMILES string of the molecule is CCOc1cc(C=C(C#N)C(=O)NC2CCCCC2C)ccc1OC(C)C(=O)N(C)C. The van der Waals surface area contributed by atoms with Crippen LogP contribution in [0.4, 0.5) is 0 Å². The third-order valence-electron chi connectivity index (χ3n) is 5.46. The molecule has 0 spiro atoms. The largest absolute Gasteiger partial charge is 0.490 e. The van der Waals surface area contributed by atoms with Gasteiger partial charge in [0.1, 0.15) is 11.6 Å². The molecule has 31 heavy (non-hydrogen) atoms. The smallest absolute Gasteiger partial charge is 0.262 e. The van der Waals surface area contributed by atoms with Crippen molar-refractivity contribution in [1.29, 1.82) is 5.26 Å². The molecule has 0 aromatic heterocycles. The van der Waals surface area contributed by atoms with E-state index in [1.165, 1.54) is 11.3 Å². The van der Waals surface area contributed by atoms with Gasteiger partial charge < -0.3 is 19.7 Å². The van der Waals surface area contributed by atoms with E-state index >= 15 is 0 Å². The summed E-state index contributed by atoms with van der Waals surface area (Å²) in [6.45, 7) is 6.07. The van der Waals surface area contributed by atoms with Gasteiger partial charge in [-0.1, -0.05) is 25.8 Å². The molecule has 7 nitrogen and oxygen atoms in total. The van der Waals surface area contributed by atoms with E-state index in [1.54, 1.807) is 45.3 Å². The molecule has 1 aliphatic rings. The molecule has 1 aromatic rings. The van der Waals surface area contributed by atoms with Gasteiger partial charge in [0.2, 0.25) is 0 Å². The fraction of sp³-hybridized carbons (Fsp3) is 0.542. The summed E-state index contributed by atoms with van der Waals surface area (Å²) in [5.74, 6) is 0.774. The number of likely N-dealkylation sites (N-methyl/N-ethyl adjacent to an activating group) is 1. The molecular weight excluding hydrogens is 394 g/mol. The fourth-order valence-electron chi connectivity index (χ4n) is 3.68. The molecule has 0 saturated heterocycles. The summed E-state index contributed by atoms with van der Waals surface area (Å²) >= 11 is 0. The first kappa shape index (κ1) is 24.3. The third-order valence-corrected chi connectivity index (χ3v) is 5.46. The molecule has 1 aliphatic carbocycles. The third kappa shape index (κ3) is 6.74. The first-order chi connectivity index (χ1) is 14.8. The first-order valence-corrected chi connectivity index (χ1v) is 10.8. The average molecular weight is 428 g/mol. The summed E-state index contributed by atoms with van der Waals surface area (Å²) in [4.78, 5) is 26.2. The van der Waals surface area contributed by atoms with Crippen LogP contribution >= 0.6 is 0 Å². The van der Waals surface area contributed by atoms with Crippen molar-refractivity contribution in [3.05, 3.63) is 29.3 Å².